The molecule has 0 radical (unpaired) electrons. The maximum Gasteiger partial charge on any atom is 0.416 e. The third-order valence-electron chi connectivity index (χ3n) is 3.84. The minimum absolute atomic E-state index is 0.0155. The molecule has 1 nitrogen and oxygen atoms in total. The van der Waals surface area contributed by atoms with E-state index in [2.05, 4.69) is 33.0 Å². The summed E-state index contributed by atoms with van der Waals surface area (Å²) in [4.78, 5) is 0. The number of halogens is 4. The number of benzene rings is 1. The molecule has 0 heterocycles. The molecule has 0 aliphatic rings. The van der Waals surface area contributed by atoms with Crippen LogP contribution in [0.25, 0.3) is 0 Å². The third kappa shape index (κ3) is 4.47. The van der Waals surface area contributed by atoms with Crippen molar-refractivity contribution in [3.05, 3.63) is 35.1 Å². The summed E-state index contributed by atoms with van der Waals surface area (Å²) < 4.78 is 51.4. The fraction of sp³-hybridized carbons (Fsp3) is 0.600. The molecule has 0 bridgehead atoms. The summed E-state index contributed by atoms with van der Waals surface area (Å²) >= 11 is 0. The summed E-state index contributed by atoms with van der Waals surface area (Å²) in [6.07, 6.45) is -4.54. The van der Waals surface area contributed by atoms with Gasteiger partial charge in [0, 0.05) is 13.1 Å². The summed E-state index contributed by atoms with van der Waals surface area (Å²) in [5.74, 6) is -0.464. The summed E-state index contributed by atoms with van der Waals surface area (Å²) in [7, 11) is 0. The molecular formula is C15H21F4N. The molecule has 1 N–H and O–H groups in total. The summed E-state index contributed by atoms with van der Waals surface area (Å²) in [6.45, 7) is 8.92. The first-order valence-corrected chi connectivity index (χ1v) is 6.60. The van der Waals surface area contributed by atoms with Gasteiger partial charge in [0.1, 0.15) is 5.82 Å². The van der Waals surface area contributed by atoms with Crippen LogP contribution in [0.1, 0.15) is 38.8 Å². The Balaban J connectivity index is 2.79. The van der Waals surface area contributed by atoms with Crippen molar-refractivity contribution < 1.29 is 17.6 Å². The van der Waals surface area contributed by atoms with Gasteiger partial charge in [-0.25, -0.2) is 4.39 Å². The van der Waals surface area contributed by atoms with Crippen LogP contribution in [0.2, 0.25) is 0 Å². The molecule has 0 unspecified atom stereocenters. The van der Waals surface area contributed by atoms with Crippen LogP contribution in [0.15, 0.2) is 18.2 Å². The zero-order valence-corrected chi connectivity index (χ0v) is 12.2. The van der Waals surface area contributed by atoms with E-state index in [1.807, 2.05) is 0 Å². The zero-order chi connectivity index (χ0) is 15.6. The van der Waals surface area contributed by atoms with E-state index in [0.717, 1.165) is 6.07 Å². The minimum Gasteiger partial charge on any atom is -0.312 e. The minimum atomic E-state index is -4.54. The van der Waals surface area contributed by atoms with Crippen LogP contribution in [-0.2, 0) is 12.7 Å². The van der Waals surface area contributed by atoms with Crippen LogP contribution in [-0.4, -0.2) is 6.54 Å². The number of hydrogen-bond acceptors (Lipinski definition) is 1. The second kappa shape index (κ2) is 6.12. The molecule has 1 rings (SSSR count). The highest BCUT2D eigenvalue weighted by Crippen LogP contribution is 2.32. The van der Waals surface area contributed by atoms with E-state index in [1.165, 1.54) is 6.07 Å². The normalized spacial score (nSPS) is 13.1. The molecule has 114 valence electrons. The van der Waals surface area contributed by atoms with Gasteiger partial charge in [-0.15, -0.1) is 0 Å². The molecule has 1 aromatic rings. The van der Waals surface area contributed by atoms with Gasteiger partial charge in [0.2, 0.25) is 0 Å². The Bertz CT molecular complexity index is 450. The first-order chi connectivity index (χ1) is 9.04. The van der Waals surface area contributed by atoms with Crippen LogP contribution in [0.3, 0.4) is 0 Å². The van der Waals surface area contributed by atoms with E-state index in [1.54, 1.807) is 0 Å². The number of hydrogen-bond donors (Lipinski definition) is 1. The molecular weight excluding hydrogens is 270 g/mol. The Morgan fingerprint density at radius 3 is 2.25 bits per heavy atom. The van der Waals surface area contributed by atoms with Gasteiger partial charge in [-0.2, -0.15) is 13.2 Å². The molecule has 0 aliphatic heterocycles. The highest BCUT2D eigenvalue weighted by atomic mass is 19.4. The summed E-state index contributed by atoms with van der Waals surface area (Å²) in [5, 5.41) is 3.03. The van der Waals surface area contributed by atoms with E-state index >= 15 is 0 Å². The van der Waals surface area contributed by atoms with Crippen molar-refractivity contribution in [3.63, 3.8) is 0 Å². The van der Waals surface area contributed by atoms with Crippen molar-refractivity contribution in [3.8, 4) is 0 Å². The third-order valence-corrected chi connectivity index (χ3v) is 3.84. The molecule has 1 aromatic carbocycles. The van der Waals surface area contributed by atoms with Gasteiger partial charge in [-0.1, -0.05) is 33.8 Å². The van der Waals surface area contributed by atoms with Crippen molar-refractivity contribution in [2.24, 2.45) is 11.3 Å². The second-order valence-corrected chi connectivity index (χ2v) is 6.05. The molecule has 0 spiro atoms. The Morgan fingerprint density at radius 1 is 1.15 bits per heavy atom. The lowest BCUT2D eigenvalue weighted by atomic mass is 9.81. The summed E-state index contributed by atoms with van der Waals surface area (Å²) in [6, 6.07) is 2.79. The lowest BCUT2D eigenvalue weighted by Gasteiger charge is -2.29. The van der Waals surface area contributed by atoms with E-state index in [4.69, 9.17) is 0 Å². The quantitative estimate of drug-likeness (QED) is 0.781. The van der Waals surface area contributed by atoms with Crippen LogP contribution in [0.4, 0.5) is 17.6 Å². The SMILES string of the molecule is CC(C)C(C)(C)CNCc1ccc(F)cc1C(F)(F)F. The average molecular weight is 291 g/mol. The Kier molecular flexibility index (Phi) is 5.19. The number of nitrogens with one attached hydrogen (secondary N) is 1. The van der Waals surface area contributed by atoms with Gasteiger partial charge < -0.3 is 5.32 Å². The molecule has 0 fully saturated rings. The lowest BCUT2D eigenvalue weighted by molar-refractivity contribution is -0.138. The molecule has 20 heavy (non-hydrogen) atoms. The maximum absolute atomic E-state index is 13.0. The highest BCUT2D eigenvalue weighted by molar-refractivity contribution is 5.30. The predicted molar refractivity (Wildman–Crippen MR) is 71.7 cm³/mol. The lowest BCUT2D eigenvalue weighted by Crippen LogP contribution is -2.33. The summed E-state index contributed by atoms with van der Waals surface area (Å²) in [5.41, 5.74) is -0.857. The zero-order valence-electron chi connectivity index (χ0n) is 12.2. The van der Waals surface area contributed by atoms with Gasteiger partial charge in [-0.05, 0) is 29.0 Å². The molecule has 0 aliphatic carbocycles. The van der Waals surface area contributed by atoms with Gasteiger partial charge in [0.15, 0.2) is 0 Å². The largest absolute Gasteiger partial charge is 0.416 e. The Morgan fingerprint density at radius 2 is 1.75 bits per heavy atom. The van der Waals surface area contributed by atoms with Crippen LogP contribution >= 0.6 is 0 Å². The molecule has 0 saturated carbocycles. The van der Waals surface area contributed by atoms with Crippen molar-refractivity contribution in [2.75, 3.05) is 6.54 Å². The van der Waals surface area contributed by atoms with Crippen molar-refractivity contribution >= 4 is 0 Å². The molecule has 0 saturated heterocycles. The topological polar surface area (TPSA) is 12.0 Å². The fourth-order valence-corrected chi connectivity index (χ4v) is 1.69. The van der Waals surface area contributed by atoms with E-state index < -0.39 is 17.6 Å². The highest BCUT2D eigenvalue weighted by Gasteiger charge is 2.33. The van der Waals surface area contributed by atoms with Crippen molar-refractivity contribution in [1.29, 1.82) is 0 Å². The van der Waals surface area contributed by atoms with E-state index in [9.17, 15) is 17.6 Å². The average Bonchev–Trinajstić information content (AvgIpc) is 2.29. The molecule has 0 amide bonds. The van der Waals surface area contributed by atoms with E-state index in [0.29, 0.717) is 18.5 Å². The van der Waals surface area contributed by atoms with E-state index in [-0.39, 0.29) is 17.5 Å². The van der Waals surface area contributed by atoms with Crippen molar-refractivity contribution in [1.82, 2.24) is 5.32 Å². The maximum atomic E-state index is 13.0. The second-order valence-electron chi connectivity index (χ2n) is 6.05. The van der Waals surface area contributed by atoms with Gasteiger partial charge in [0.05, 0.1) is 5.56 Å². The Hall–Kier alpha value is -1.10. The van der Waals surface area contributed by atoms with Crippen molar-refractivity contribution in [2.45, 2.75) is 40.4 Å². The standard InChI is InChI=1S/C15H21F4N/c1-10(2)14(3,4)9-20-8-11-5-6-12(16)7-13(11)15(17,18)19/h5-7,10,20H,8-9H2,1-4H3. The van der Waals surface area contributed by atoms with Crippen LogP contribution in [0, 0.1) is 17.2 Å². The van der Waals surface area contributed by atoms with Gasteiger partial charge in [-0.3, -0.25) is 0 Å². The predicted octanol–water partition coefficient (Wildman–Crippen LogP) is 4.62. The smallest absolute Gasteiger partial charge is 0.312 e. The van der Waals surface area contributed by atoms with Crippen LogP contribution in [0.5, 0.6) is 0 Å². The number of alkyl halides is 3. The molecule has 5 heteroatoms. The number of rotatable bonds is 5. The van der Waals surface area contributed by atoms with Crippen LogP contribution < -0.4 is 5.32 Å². The van der Waals surface area contributed by atoms with Gasteiger partial charge >= 0.3 is 6.18 Å². The monoisotopic (exact) mass is 291 g/mol. The fourth-order valence-electron chi connectivity index (χ4n) is 1.69. The van der Waals surface area contributed by atoms with Gasteiger partial charge in [0.25, 0.3) is 0 Å². The first-order valence-electron chi connectivity index (χ1n) is 6.60. The first kappa shape index (κ1) is 17.0. The Labute approximate surface area is 117 Å². The molecule has 0 atom stereocenters. The molecule has 0 aromatic heterocycles.